The molecular weight excluding hydrogens is 437 g/mol. The predicted molar refractivity (Wildman–Crippen MR) is 118 cm³/mol. The average Bonchev–Trinajstić information content (AvgIpc) is 2.76. The molecule has 0 bridgehead atoms. The molecule has 0 saturated carbocycles. The van der Waals surface area contributed by atoms with E-state index in [1.54, 1.807) is 25.3 Å². The number of rotatable bonds is 4. The zero-order valence-electron chi connectivity index (χ0n) is 16.5. The van der Waals surface area contributed by atoms with Gasteiger partial charge in [0.15, 0.2) is 5.82 Å². The largest absolute Gasteiger partial charge is 0.382 e. The van der Waals surface area contributed by atoms with Crippen molar-refractivity contribution in [3.63, 3.8) is 0 Å². The first kappa shape index (κ1) is 21.0. The van der Waals surface area contributed by atoms with Crippen LogP contribution in [-0.2, 0) is 0 Å². The maximum absolute atomic E-state index is 14.6. The fourth-order valence-corrected chi connectivity index (χ4v) is 3.47. The van der Waals surface area contributed by atoms with Gasteiger partial charge in [0.25, 0.3) is 5.56 Å². The molecule has 4 aromatic rings. The Kier molecular flexibility index (Phi) is 5.29. The summed E-state index contributed by atoms with van der Waals surface area (Å²) in [4.78, 5) is 29.6. The van der Waals surface area contributed by atoms with E-state index in [1.807, 2.05) is 6.07 Å². The summed E-state index contributed by atoms with van der Waals surface area (Å²) >= 11 is 6.20. The van der Waals surface area contributed by atoms with Gasteiger partial charge in [-0.3, -0.25) is 14.3 Å². The summed E-state index contributed by atoms with van der Waals surface area (Å²) in [5, 5.41) is 12.4. The van der Waals surface area contributed by atoms with Crippen molar-refractivity contribution in [3.8, 4) is 11.8 Å². The fourth-order valence-electron chi connectivity index (χ4n) is 3.24. The highest BCUT2D eigenvalue weighted by molar-refractivity contribution is 6.35. The molecule has 10 nitrogen and oxygen atoms in total. The first-order valence-corrected chi connectivity index (χ1v) is 9.60. The molecule has 32 heavy (non-hydrogen) atoms. The number of pyridine rings is 1. The van der Waals surface area contributed by atoms with Crippen molar-refractivity contribution < 1.29 is 4.39 Å². The zero-order valence-corrected chi connectivity index (χ0v) is 17.3. The summed E-state index contributed by atoms with van der Waals surface area (Å²) in [5.74, 6) is -0.796. The third-order valence-corrected chi connectivity index (χ3v) is 4.98. The molecule has 0 aliphatic rings. The maximum atomic E-state index is 14.6. The van der Waals surface area contributed by atoms with Crippen LogP contribution in [0.2, 0.25) is 5.02 Å². The fraction of sp³-hybridized carbons (Fsp3) is 0.100. The highest BCUT2D eigenvalue weighted by atomic mass is 35.5. The molecule has 5 N–H and O–H groups in total. The van der Waals surface area contributed by atoms with E-state index in [0.29, 0.717) is 5.69 Å². The van der Waals surface area contributed by atoms with Crippen LogP contribution >= 0.6 is 11.6 Å². The minimum Gasteiger partial charge on any atom is -0.382 e. The Hall–Kier alpha value is -4.30. The molecule has 0 radical (unpaired) electrons. The minimum absolute atomic E-state index is 0.0312. The lowest BCUT2D eigenvalue weighted by Crippen LogP contribution is -2.28. The van der Waals surface area contributed by atoms with Crippen LogP contribution in [0.25, 0.3) is 16.6 Å². The van der Waals surface area contributed by atoms with Crippen molar-refractivity contribution in [2.24, 2.45) is 0 Å². The van der Waals surface area contributed by atoms with E-state index < -0.39 is 17.4 Å². The number of hydrogen-bond donors (Lipinski definition) is 3. The van der Waals surface area contributed by atoms with Gasteiger partial charge in [-0.25, -0.2) is 9.37 Å². The van der Waals surface area contributed by atoms with Crippen molar-refractivity contribution in [1.29, 1.82) is 5.26 Å². The van der Waals surface area contributed by atoms with Crippen LogP contribution in [0.5, 0.6) is 0 Å². The maximum Gasteiger partial charge on any atom is 0.267 e. The molecule has 0 aliphatic heterocycles. The lowest BCUT2D eigenvalue weighted by Gasteiger charge is -2.21. The molecule has 0 amide bonds. The molecular formula is C20H15ClFN9O. The summed E-state index contributed by atoms with van der Waals surface area (Å²) in [7, 11) is 0. The topological polar surface area (TPSA) is 161 Å². The van der Waals surface area contributed by atoms with Crippen LogP contribution in [0.3, 0.4) is 0 Å². The van der Waals surface area contributed by atoms with Gasteiger partial charge >= 0.3 is 0 Å². The molecule has 0 fully saturated rings. The number of hydrogen-bond acceptors (Lipinski definition) is 9. The van der Waals surface area contributed by atoms with Gasteiger partial charge in [0.2, 0.25) is 5.95 Å². The molecule has 160 valence electrons. The predicted octanol–water partition coefficient (Wildman–Crippen LogP) is 2.57. The monoisotopic (exact) mass is 451 g/mol. The number of benzene rings is 1. The summed E-state index contributed by atoms with van der Waals surface area (Å²) in [5.41, 5.74) is 11.0. The van der Waals surface area contributed by atoms with Gasteiger partial charge in [0.1, 0.15) is 34.6 Å². The van der Waals surface area contributed by atoms with Crippen LogP contribution in [0.4, 0.5) is 22.0 Å². The lowest BCUT2D eigenvalue weighted by molar-refractivity contribution is 0.632. The number of nitriles is 1. The second-order valence-corrected chi connectivity index (χ2v) is 7.15. The molecule has 0 unspecified atom stereocenters. The molecule has 0 spiro atoms. The highest BCUT2D eigenvalue weighted by Gasteiger charge is 2.23. The number of fused-ring (bicyclic) bond motifs is 1. The Morgan fingerprint density at radius 1 is 1.25 bits per heavy atom. The van der Waals surface area contributed by atoms with E-state index in [0.717, 1.165) is 6.07 Å². The van der Waals surface area contributed by atoms with Crippen LogP contribution < -0.4 is 22.3 Å². The first-order chi connectivity index (χ1) is 15.3. The Balaban J connectivity index is 1.97. The van der Waals surface area contributed by atoms with Gasteiger partial charge in [-0.2, -0.15) is 15.2 Å². The highest BCUT2D eigenvalue weighted by Crippen LogP contribution is 2.27. The number of aromatic nitrogens is 5. The normalized spacial score (nSPS) is 11.8. The van der Waals surface area contributed by atoms with Crippen molar-refractivity contribution in [2.75, 3.05) is 16.8 Å². The van der Waals surface area contributed by atoms with Crippen LogP contribution in [0, 0.1) is 17.1 Å². The van der Waals surface area contributed by atoms with E-state index in [4.69, 9.17) is 23.1 Å². The standard InChI is InChI=1S/C20H15ClFN9O/c1-9(27-17-11(7-23)16(24)29-20(25)30-17)18-28-15-13(22)5-4-12(21)14(15)19(32)31(18)10-3-2-6-26-8-10/h2-6,8-9H,1H3,(H5,24,25,27,29,30)/t9-/m1/s1. The van der Waals surface area contributed by atoms with Crippen molar-refractivity contribution >= 4 is 40.1 Å². The lowest BCUT2D eigenvalue weighted by atomic mass is 10.2. The third kappa shape index (κ3) is 3.52. The number of anilines is 3. The van der Waals surface area contributed by atoms with E-state index in [-0.39, 0.29) is 44.9 Å². The number of halogens is 2. The van der Waals surface area contributed by atoms with Gasteiger partial charge in [-0.1, -0.05) is 11.6 Å². The molecule has 3 heterocycles. The average molecular weight is 452 g/mol. The zero-order chi connectivity index (χ0) is 23.0. The molecule has 3 aromatic heterocycles. The SMILES string of the molecule is C[C@@H](Nc1nc(N)nc(N)c1C#N)c1nc2c(F)ccc(Cl)c2c(=O)n1-c1cccnc1. The molecule has 0 aliphatic carbocycles. The Morgan fingerprint density at radius 2 is 2.03 bits per heavy atom. The number of nitrogens with two attached hydrogens (primary N) is 2. The summed E-state index contributed by atoms with van der Waals surface area (Å²) in [6, 6.07) is 6.86. The van der Waals surface area contributed by atoms with Crippen molar-refractivity contribution in [1.82, 2.24) is 24.5 Å². The van der Waals surface area contributed by atoms with Crippen molar-refractivity contribution in [2.45, 2.75) is 13.0 Å². The summed E-state index contributed by atoms with van der Waals surface area (Å²) < 4.78 is 15.8. The van der Waals surface area contributed by atoms with Gasteiger partial charge in [0.05, 0.1) is 28.3 Å². The van der Waals surface area contributed by atoms with Crippen LogP contribution in [-0.4, -0.2) is 24.5 Å². The quantitative estimate of drug-likeness (QED) is 0.423. The Morgan fingerprint density at radius 3 is 2.72 bits per heavy atom. The molecule has 0 saturated heterocycles. The van der Waals surface area contributed by atoms with Gasteiger partial charge < -0.3 is 16.8 Å². The number of nitrogen functional groups attached to an aromatic ring is 2. The van der Waals surface area contributed by atoms with Gasteiger partial charge in [-0.15, -0.1) is 0 Å². The molecule has 1 atom stereocenters. The van der Waals surface area contributed by atoms with Gasteiger partial charge in [-0.05, 0) is 31.2 Å². The second-order valence-electron chi connectivity index (χ2n) is 6.74. The third-order valence-electron chi connectivity index (χ3n) is 4.66. The minimum atomic E-state index is -0.758. The smallest absolute Gasteiger partial charge is 0.267 e. The van der Waals surface area contributed by atoms with Crippen LogP contribution in [0.1, 0.15) is 24.4 Å². The van der Waals surface area contributed by atoms with E-state index in [1.165, 1.54) is 16.8 Å². The summed E-state index contributed by atoms with van der Waals surface area (Å²) in [6.07, 6.45) is 3.00. The molecule has 4 rings (SSSR count). The van der Waals surface area contributed by atoms with Crippen molar-refractivity contribution in [3.05, 3.63) is 69.2 Å². The molecule has 12 heteroatoms. The second kappa shape index (κ2) is 8.09. The number of nitrogens with one attached hydrogen (secondary N) is 1. The van der Waals surface area contributed by atoms with E-state index in [2.05, 4.69) is 25.3 Å². The van der Waals surface area contributed by atoms with E-state index >= 15 is 0 Å². The van der Waals surface area contributed by atoms with Crippen LogP contribution in [0.15, 0.2) is 41.5 Å². The number of nitrogens with zero attached hydrogens (tertiary/aromatic N) is 6. The Bertz CT molecular complexity index is 1450. The Labute approximate surface area is 185 Å². The van der Waals surface area contributed by atoms with E-state index in [9.17, 15) is 14.4 Å². The molecule has 1 aromatic carbocycles. The summed E-state index contributed by atoms with van der Waals surface area (Å²) in [6.45, 7) is 1.65. The van der Waals surface area contributed by atoms with Gasteiger partial charge in [0, 0.05) is 6.20 Å². The first-order valence-electron chi connectivity index (χ1n) is 9.22.